The van der Waals surface area contributed by atoms with Gasteiger partial charge < -0.3 is 29.5 Å². The standard InChI is InChI=1S/C24H28N2O8S.C2HF3O2/c1-4-31-20(27)13-19(23(29)32-5-2)35-24(30)14(3)12-17-10-11-18(33-17)22(28)34-16-8-6-15(7-9-16)21(25)26;3-2(4,5)1(6)7/h6-11,14,19H,4-5,12-13H2,1-3H3,(H3,25,26);(H,6,7). The highest BCUT2D eigenvalue weighted by Gasteiger charge is 2.38. The number of carboxylic acids is 1. The first kappa shape index (κ1) is 35.7. The fourth-order valence-corrected chi connectivity index (χ4v) is 3.86. The molecule has 4 N–H and O–H groups in total. The largest absolute Gasteiger partial charge is 0.490 e. The maximum Gasteiger partial charge on any atom is 0.490 e. The lowest BCUT2D eigenvalue weighted by Crippen LogP contribution is -2.27. The van der Waals surface area contributed by atoms with E-state index in [4.69, 9.17) is 39.7 Å². The Morgan fingerprint density at radius 3 is 2.10 bits per heavy atom. The van der Waals surface area contributed by atoms with Crippen molar-refractivity contribution in [3.8, 4) is 5.75 Å². The SMILES string of the molecule is CCOC(=O)CC(SC(=O)C(C)Cc1ccc(C(=O)Oc2ccc(C(=N)N)cc2)o1)C(=O)OCC.O=C(O)C(F)(F)F. The number of benzene rings is 1. The molecule has 2 rings (SSSR count). The molecular weight excluding hydrogens is 589 g/mol. The van der Waals surface area contributed by atoms with Crippen LogP contribution in [0, 0.1) is 11.3 Å². The van der Waals surface area contributed by atoms with Crippen molar-refractivity contribution in [3.63, 3.8) is 0 Å². The third kappa shape index (κ3) is 12.4. The van der Waals surface area contributed by atoms with Crippen LogP contribution in [0.3, 0.4) is 0 Å². The molecular formula is C26H29F3N2O10S. The minimum Gasteiger partial charge on any atom is -0.475 e. The first-order chi connectivity index (χ1) is 19.6. The molecule has 0 amide bonds. The van der Waals surface area contributed by atoms with E-state index in [1.54, 1.807) is 39.0 Å². The van der Waals surface area contributed by atoms with Crippen LogP contribution in [-0.4, -0.2) is 64.6 Å². The zero-order valence-corrected chi connectivity index (χ0v) is 23.5. The van der Waals surface area contributed by atoms with Gasteiger partial charge in [0.15, 0.2) is 5.12 Å². The molecule has 0 fully saturated rings. The molecule has 0 spiro atoms. The van der Waals surface area contributed by atoms with E-state index in [1.807, 2.05) is 0 Å². The third-order valence-electron chi connectivity index (χ3n) is 4.86. The number of hydrogen-bond acceptors (Lipinski definition) is 11. The van der Waals surface area contributed by atoms with Crippen LogP contribution in [0.4, 0.5) is 13.2 Å². The first-order valence-corrected chi connectivity index (χ1v) is 13.0. The molecule has 0 aliphatic heterocycles. The van der Waals surface area contributed by atoms with Crippen molar-refractivity contribution in [3.05, 3.63) is 53.5 Å². The zero-order valence-electron chi connectivity index (χ0n) is 22.7. The van der Waals surface area contributed by atoms with Crippen LogP contribution in [0.15, 0.2) is 40.8 Å². The van der Waals surface area contributed by atoms with Crippen LogP contribution in [0.2, 0.25) is 0 Å². The molecule has 0 bridgehead atoms. The summed E-state index contributed by atoms with van der Waals surface area (Å²) in [5.74, 6) is -4.83. The number of carbonyl (C=O) groups excluding carboxylic acids is 4. The van der Waals surface area contributed by atoms with Gasteiger partial charge in [-0.05, 0) is 50.2 Å². The summed E-state index contributed by atoms with van der Waals surface area (Å²) in [5.41, 5.74) is 5.89. The smallest absolute Gasteiger partial charge is 0.475 e. The Balaban J connectivity index is 0.00000112. The van der Waals surface area contributed by atoms with E-state index in [2.05, 4.69) is 0 Å². The number of aliphatic carboxylic acids is 1. The highest BCUT2D eigenvalue weighted by Crippen LogP contribution is 2.25. The van der Waals surface area contributed by atoms with Crippen LogP contribution in [0.5, 0.6) is 5.75 Å². The van der Waals surface area contributed by atoms with Crippen molar-refractivity contribution in [2.45, 2.75) is 45.0 Å². The van der Waals surface area contributed by atoms with E-state index in [1.165, 1.54) is 18.2 Å². The lowest BCUT2D eigenvalue weighted by molar-refractivity contribution is -0.192. The van der Waals surface area contributed by atoms with Gasteiger partial charge in [0.1, 0.15) is 22.6 Å². The average Bonchev–Trinajstić information content (AvgIpc) is 3.37. The Kier molecular flexibility index (Phi) is 14.3. The number of amidine groups is 1. The number of nitrogens with two attached hydrogens (primary N) is 1. The molecule has 1 heterocycles. The average molecular weight is 619 g/mol. The summed E-state index contributed by atoms with van der Waals surface area (Å²) < 4.78 is 52.4. The fraction of sp³-hybridized carbons (Fsp3) is 0.385. The van der Waals surface area contributed by atoms with Gasteiger partial charge >= 0.3 is 30.1 Å². The normalized spacial score (nSPS) is 12.1. The quantitative estimate of drug-likeness (QED) is 0.135. The van der Waals surface area contributed by atoms with E-state index in [-0.39, 0.29) is 48.5 Å². The molecule has 0 radical (unpaired) electrons. The number of thioether (sulfide) groups is 1. The predicted octanol–water partition coefficient (Wildman–Crippen LogP) is 3.74. The summed E-state index contributed by atoms with van der Waals surface area (Å²) in [6.45, 7) is 5.22. The van der Waals surface area contributed by atoms with Gasteiger partial charge in [-0.2, -0.15) is 13.2 Å². The van der Waals surface area contributed by atoms with Gasteiger partial charge in [0.2, 0.25) is 5.76 Å². The molecule has 16 heteroatoms. The number of halogens is 3. The Hall–Kier alpha value is -4.34. The lowest BCUT2D eigenvalue weighted by Gasteiger charge is -2.16. The molecule has 42 heavy (non-hydrogen) atoms. The number of rotatable bonds is 12. The molecule has 2 aromatic rings. The van der Waals surface area contributed by atoms with Crippen molar-refractivity contribution in [2.75, 3.05) is 13.2 Å². The topological polar surface area (TPSA) is 196 Å². The van der Waals surface area contributed by atoms with Crippen LogP contribution >= 0.6 is 11.8 Å². The monoisotopic (exact) mass is 618 g/mol. The van der Waals surface area contributed by atoms with E-state index in [0.29, 0.717) is 11.3 Å². The number of carbonyl (C=O) groups is 5. The minimum absolute atomic E-state index is 0.0466. The molecule has 0 saturated carbocycles. The minimum atomic E-state index is -5.08. The summed E-state index contributed by atoms with van der Waals surface area (Å²) in [4.78, 5) is 58.0. The van der Waals surface area contributed by atoms with Crippen molar-refractivity contribution < 1.29 is 60.9 Å². The van der Waals surface area contributed by atoms with Crippen LogP contribution in [0.1, 0.15) is 49.1 Å². The highest BCUT2D eigenvalue weighted by molar-refractivity contribution is 8.14. The van der Waals surface area contributed by atoms with Gasteiger partial charge in [-0.1, -0.05) is 18.7 Å². The van der Waals surface area contributed by atoms with Gasteiger partial charge in [-0.15, -0.1) is 0 Å². The Bertz CT molecular complexity index is 1260. The maximum absolute atomic E-state index is 12.7. The summed E-state index contributed by atoms with van der Waals surface area (Å²) >= 11 is 0.721. The van der Waals surface area contributed by atoms with Crippen LogP contribution < -0.4 is 10.5 Å². The van der Waals surface area contributed by atoms with Gasteiger partial charge in [-0.3, -0.25) is 19.8 Å². The number of nitrogens with one attached hydrogen (secondary N) is 1. The van der Waals surface area contributed by atoms with Crippen molar-refractivity contribution in [1.82, 2.24) is 0 Å². The van der Waals surface area contributed by atoms with Crippen LogP contribution in [0.25, 0.3) is 0 Å². The maximum atomic E-state index is 12.7. The predicted molar refractivity (Wildman–Crippen MR) is 142 cm³/mol. The van der Waals surface area contributed by atoms with Crippen molar-refractivity contribution in [1.29, 1.82) is 5.41 Å². The second-order valence-electron chi connectivity index (χ2n) is 8.19. The second kappa shape index (κ2) is 16.8. The zero-order chi connectivity index (χ0) is 32.0. The Morgan fingerprint density at radius 2 is 1.60 bits per heavy atom. The number of alkyl halides is 3. The van der Waals surface area contributed by atoms with E-state index >= 15 is 0 Å². The van der Waals surface area contributed by atoms with Gasteiger partial charge in [0.05, 0.1) is 19.6 Å². The molecule has 12 nitrogen and oxygen atoms in total. The molecule has 0 aliphatic rings. The molecule has 2 unspecified atom stereocenters. The van der Waals surface area contributed by atoms with Gasteiger partial charge in [0.25, 0.3) is 0 Å². The number of ether oxygens (including phenoxy) is 3. The summed E-state index contributed by atoms with van der Waals surface area (Å²) in [6.07, 6.45) is -5.19. The highest BCUT2D eigenvalue weighted by atomic mass is 32.2. The summed E-state index contributed by atoms with van der Waals surface area (Å²) in [7, 11) is 0. The molecule has 1 aromatic carbocycles. The molecule has 2 atom stereocenters. The fourth-order valence-electron chi connectivity index (χ4n) is 2.88. The van der Waals surface area contributed by atoms with Crippen molar-refractivity contribution in [2.24, 2.45) is 11.7 Å². The molecule has 0 aliphatic carbocycles. The van der Waals surface area contributed by atoms with E-state index in [9.17, 15) is 32.3 Å². The first-order valence-electron chi connectivity index (χ1n) is 12.2. The molecule has 0 saturated heterocycles. The molecule has 1 aromatic heterocycles. The summed E-state index contributed by atoms with van der Waals surface area (Å²) in [5, 5.41) is 13.2. The molecule has 230 valence electrons. The number of esters is 3. The number of hydrogen-bond donors (Lipinski definition) is 3. The van der Waals surface area contributed by atoms with Crippen LogP contribution in [-0.2, 0) is 35.1 Å². The Morgan fingerprint density at radius 1 is 1.02 bits per heavy atom. The summed E-state index contributed by atoms with van der Waals surface area (Å²) in [6, 6.07) is 9.11. The van der Waals surface area contributed by atoms with Crippen molar-refractivity contribution >= 4 is 46.6 Å². The number of nitrogen functional groups attached to an aromatic ring is 1. The Labute approximate surface area is 242 Å². The lowest BCUT2D eigenvalue weighted by atomic mass is 10.1. The number of furan rings is 1. The van der Waals surface area contributed by atoms with E-state index in [0.717, 1.165) is 11.8 Å². The van der Waals surface area contributed by atoms with E-state index < -0.39 is 41.2 Å². The second-order valence-corrected chi connectivity index (χ2v) is 9.40. The van der Waals surface area contributed by atoms with Gasteiger partial charge in [0, 0.05) is 17.9 Å². The number of carboxylic acid groups (broad SMARTS) is 1. The third-order valence-corrected chi connectivity index (χ3v) is 6.13. The van der Waals surface area contributed by atoms with Gasteiger partial charge in [-0.25, -0.2) is 9.59 Å².